The minimum Gasteiger partial charge on any atom is -0.465 e. The molecule has 1 atom stereocenters. The zero-order chi connectivity index (χ0) is 20.5. The van der Waals surface area contributed by atoms with Crippen LogP contribution in [0.25, 0.3) is 6.08 Å². The average Bonchev–Trinajstić information content (AvgIpc) is 3.42. The van der Waals surface area contributed by atoms with Crippen molar-refractivity contribution in [3.8, 4) is 0 Å². The molecule has 0 amide bonds. The number of carbonyl (C=O) groups is 1. The molecule has 3 aromatic heterocycles. The van der Waals surface area contributed by atoms with E-state index in [1.165, 1.54) is 22.7 Å². The molecule has 1 aliphatic heterocycles. The number of carbonyl (C=O) groups excluding carboxylic acids is 1. The first-order valence-electron chi connectivity index (χ1n) is 9.22. The molecule has 0 aliphatic carbocycles. The second-order valence-electron chi connectivity index (χ2n) is 7.10. The van der Waals surface area contributed by atoms with Crippen LogP contribution in [0.1, 0.15) is 37.5 Å². The van der Waals surface area contributed by atoms with Gasteiger partial charge in [-0.3, -0.25) is 9.36 Å². The van der Waals surface area contributed by atoms with Crippen molar-refractivity contribution in [1.82, 2.24) is 4.57 Å². The summed E-state index contributed by atoms with van der Waals surface area (Å²) in [5.41, 5.74) is 0.776. The molecule has 8 heteroatoms. The lowest BCUT2D eigenvalue weighted by molar-refractivity contribution is -0.140. The van der Waals surface area contributed by atoms with Crippen LogP contribution >= 0.6 is 22.7 Å². The predicted molar refractivity (Wildman–Crippen MR) is 113 cm³/mol. The number of hydrogen-bond donors (Lipinski definition) is 0. The van der Waals surface area contributed by atoms with E-state index in [0.717, 1.165) is 4.88 Å². The summed E-state index contributed by atoms with van der Waals surface area (Å²) in [6, 6.07) is 6.84. The summed E-state index contributed by atoms with van der Waals surface area (Å²) in [7, 11) is 0. The van der Waals surface area contributed by atoms with Crippen LogP contribution in [0.4, 0.5) is 0 Å². The zero-order valence-electron chi connectivity index (χ0n) is 16.2. The second-order valence-corrected chi connectivity index (χ2v) is 9.09. The summed E-state index contributed by atoms with van der Waals surface area (Å²) in [6.45, 7) is 6.06. The van der Waals surface area contributed by atoms with Gasteiger partial charge in [-0.2, -0.15) is 0 Å². The summed E-state index contributed by atoms with van der Waals surface area (Å²) in [4.78, 5) is 32.2. The van der Waals surface area contributed by atoms with Crippen molar-refractivity contribution in [2.24, 2.45) is 10.9 Å². The summed E-state index contributed by atoms with van der Waals surface area (Å²) < 4.78 is 12.9. The molecule has 0 radical (unpaired) electrons. The van der Waals surface area contributed by atoms with Crippen molar-refractivity contribution in [2.75, 3.05) is 6.61 Å². The van der Waals surface area contributed by atoms with Gasteiger partial charge in [0.15, 0.2) is 4.80 Å². The van der Waals surface area contributed by atoms with Crippen molar-refractivity contribution in [1.29, 1.82) is 0 Å². The van der Waals surface area contributed by atoms with Crippen LogP contribution < -0.4 is 14.9 Å². The molecule has 150 valence electrons. The van der Waals surface area contributed by atoms with Gasteiger partial charge in [-0.25, -0.2) is 9.79 Å². The van der Waals surface area contributed by atoms with E-state index in [1.54, 1.807) is 36.0 Å². The fourth-order valence-corrected chi connectivity index (χ4v) is 4.97. The molecule has 0 fully saturated rings. The third kappa shape index (κ3) is 3.77. The molecule has 0 aromatic carbocycles. The number of thiophene rings is 1. The van der Waals surface area contributed by atoms with Gasteiger partial charge in [0.2, 0.25) is 0 Å². The number of allylic oxidation sites excluding steroid dienone is 1. The Hall–Kier alpha value is -2.71. The van der Waals surface area contributed by atoms with Crippen LogP contribution in [0.2, 0.25) is 0 Å². The largest absolute Gasteiger partial charge is 0.465 e. The standard InChI is InChI=1S/C21H20N2O4S2/c1-12(2)11-27-20(25)17-13(3)22-21-23(18(17)15-7-5-9-28-15)19(24)16(29-21)10-14-6-4-8-26-14/h4-10,12,18H,11H2,1-3H3. The average molecular weight is 429 g/mol. The number of fused-ring (bicyclic) bond motifs is 1. The predicted octanol–water partition coefficient (Wildman–Crippen LogP) is 3.09. The maximum absolute atomic E-state index is 13.3. The fraction of sp³-hybridized carbons (Fsp3) is 0.286. The van der Waals surface area contributed by atoms with Gasteiger partial charge in [-0.1, -0.05) is 31.3 Å². The van der Waals surface area contributed by atoms with Gasteiger partial charge in [0.05, 0.1) is 28.7 Å². The monoisotopic (exact) mass is 428 g/mol. The highest BCUT2D eigenvalue weighted by molar-refractivity contribution is 7.10. The zero-order valence-corrected chi connectivity index (χ0v) is 17.9. The maximum atomic E-state index is 13.3. The summed E-state index contributed by atoms with van der Waals surface area (Å²) in [5.74, 6) is 0.378. The molecule has 4 heterocycles. The third-order valence-electron chi connectivity index (χ3n) is 4.42. The Morgan fingerprint density at radius 2 is 2.21 bits per heavy atom. The summed E-state index contributed by atoms with van der Waals surface area (Å²) in [5, 5.41) is 1.93. The van der Waals surface area contributed by atoms with E-state index in [2.05, 4.69) is 4.99 Å². The van der Waals surface area contributed by atoms with E-state index in [9.17, 15) is 9.59 Å². The number of esters is 1. The van der Waals surface area contributed by atoms with E-state index in [4.69, 9.17) is 9.15 Å². The highest BCUT2D eigenvalue weighted by Crippen LogP contribution is 2.33. The normalized spacial score (nSPS) is 16.8. The molecule has 1 unspecified atom stereocenters. The lowest BCUT2D eigenvalue weighted by Crippen LogP contribution is -2.39. The van der Waals surface area contributed by atoms with Gasteiger partial charge in [0, 0.05) is 11.0 Å². The summed E-state index contributed by atoms with van der Waals surface area (Å²) in [6.07, 6.45) is 3.26. The molecule has 6 nitrogen and oxygen atoms in total. The minimum absolute atomic E-state index is 0.204. The Morgan fingerprint density at radius 1 is 1.38 bits per heavy atom. The Morgan fingerprint density at radius 3 is 2.86 bits per heavy atom. The number of hydrogen-bond acceptors (Lipinski definition) is 7. The van der Waals surface area contributed by atoms with Gasteiger partial charge >= 0.3 is 5.97 Å². The molecule has 29 heavy (non-hydrogen) atoms. The van der Waals surface area contributed by atoms with Crippen molar-refractivity contribution in [3.05, 3.63) is 77.5 Å². The number of ether oxygens (including phenoxy) is 1. The van der Waals surface area contributed by atoms with E-state index >= 15 is 0 Å². The SMILES string of the molecule is CC1=C(C(=O)OCC(C)C)C(c2cccs2)n2c(sc(=Cc3ccco3)c2=O)=N1. The Kier molecular flexibility index (Phi) is 5.38. The van der Waals surface area contributed by atoms with E-state index in [1.807, 2.05) is 31.4 Å². The molecular weight excluding hydrogens is 408 g/mol. The van der Waals surface area contributed by atoms with Gasteiger partial charge in [-0.05, 0) is 36.4 Å². The number of furan rings is 1. The van der Waals surface area contributed by atoms with Gasteiger partial charge < -0.3 is 9.15 Å². The Balaban J connectivity index is 1.88. The molecule has 4 rings (SSSR count). The van der Waals surface area contributed by atoms with Crippen LogP contribution in [0.3, 0.4) is 0 Å². The van der Waals surface area contributed by atoms with Gasteiger partial charge in [-0.15, -0.1) is 11.3 Å². The quantitative estimate of drug-likeness (QED) is 0.586. The first-order chi connectivity index (χ1) is 14.0. The lowest BCUT2D eigenvalue weighted by Gasteiger charge is -2.23. The molecule has 0 saturated carbocycles. The van der Waals surface area contributed by atoms with Crippen molar-refractivity contribution in [3.63, 3.8) is 0 Å². The lowest BCUT2D eigenvalue weighted by atomic mass is 10.0. The highest BCUT2D eigenvalue weighted by Gasteiger charge is 2.34. The van der Waals surface area contributed by atoms with Gasteiger partial charge in [0.25, 0.3) is 5.56 Å². The van der Waals surface area contributed by atoms with E-state index in [-0.39, 0.29) is 11.5 Å². The third-order valence-corrected chi connectivity index (χ3v) is 6.33. The maximum Gasteiger partial charge on any atom is 0.338 e. The highest BCUT2D eigenvalue weighted by atomic mass is 32.1. The van der Waals surface area contributed by atoms with Crippen LogP contribution in [-0.4, -0.2) is 17.1 Å². The number of thiazole rings is 1. The van der Waals surface area contributed by atoms with Crippen LogP contribution in [-0.2, 0) is 9.53 Å². The van der Waals surface area contributed by atoms with Crippen LogP contribution in [0, 0.1) is 5.92 Å². The molecule has 3 aromatic rings. The van der Waals surface area contributed by atoms with Crippen molar-refractivity contribution >= 4 is 34.7 Å². The topological polar surface area (TPSA) is 73.8 Å². The van der Waals surface area contributed by atoms with Crippen molar-refractivity contribution in [2.45, 2.75) is 26.8 Å². The van der Waals surface area contributed by atoms with Crippen LogP contribution in [0.15, 0.2) is 61.4 Å². The Bertz CT molecular complexity index is 1230. The molecular formula is C21H20N2O4S2. The molecule has 0 bridgehead atoms. The Labute approximate surface area is 175 Å². The van der Waals surface area contributed by atoms with E-state index in [0.29, 0.717) is 33.0 Å². The number of aromatic nitrogens is 1. The van der Waals surface area contributed by atoms with E-state index < -0.39 is 12.0 Å². The molecule has 1 aliphatic rings. The fourth-order valence-electron chi connectivity index (χ4n) is 3.12. The number of rotatable bonds is 5. The van der Waals surface area contributed by atoms with Crippen LogP contribution in [0.5, 0.6) is 0 Å². The smallest absolute Gasteiger partial charge is 0.338 e. The molecule has 0 N–H and O–H groups in total. The molecule has 0 spiro atoms. The summed E-state index contributed by atoms with van der Waals surface area (Å²) >= 11 is 2.78. The first-order valence-corrected chi connectivity index (χ1v) is 10.9. The molecule has 0 saturated heterocycles. The second kappa shape index (κ2) is 7.96. The minimum atomic E-state index is -0.551. The number of nitrogens with zero attached hydrogens (tertiary/aromatic N) is 2. The van der Waals surface area contributed by atoms with Gasteiger partial charge in [0.1, 0.15) is 11.8 Å². The van der Waals surface area contributed by atoms with Crippen molar-refractivity contribution < 1.29 is 13.9 Å². The first kappa shape index (κ1) is 19.6.